The zero-order valence-corrected chi connectivity index (χ0v) is 13.3. The summed E-state index contributed by atoms with van der Waals surface area (Å²) in [5.41, 5.74) is 0.301. The molecule has 0 aliphatic carbocycles. The maximum atomic E-state index is 12.2. The molecule has 0 unspecified atom stereocenters. The monoisotopic (exact) mass is 335 g/mol. The van der Waals surface area contributed by atoms with Gasteiger partial charge in [0.15, 0.2) is 0 Å². The second-order valence-electron chi connectivity index (χ2n) is 5.16. The lowest BCUT2D eigenvalue weighted by atomic mass is 9.99. The van der Waals surface area contributed by atoms with Gasteiger partial charge in [0.1, 0.15) is 17.1 Å². The van der Waals surface area contributed by atoms with Crippen molar-refractivity contribution in [2.75, 3.05) is 6.61 Å². The van der Waals surface area contributed by atoms with Crippen molar-refractivity contribution in [1.29, 1.82) is 5.41 Å². The number of carbonyl (C=O) groups is 1. The molecule has 0 saturated carbocycles. The van der Waals surface area contributed by atoms with Gasteiger partial charge < -0.3 is 20.4 Å². The number of esters is 1. The number of fused-ring (bicyclic) bond motifs is 1. The van der Waals surface area contributed by atoms with Crippen LogP contribution in [0, 0.1) is 5.41 Å². The normalized spacial score (nSPS) is 19.3. The average Bonchev–Trinajstić information content (AvgIpc) is 2.50. The fourth-order valence-electron chi connectivity index (χ4n) is 2.27. The van der Waals surface area contributed by atoms with Crippen LogP contribution < -0.4 is 0 Å². The number of phenols is 2. The van der Waals surface area contributed by atoms with Gasteiger partial charge in [0.25, 0.3) is 0 Å². The molecular weight excluding hydrogens is 318 g/mol. The number of benzene rings is 1. The Morgan fingerprint density at radius 2 is 1.78 bits per heavy atom. The maximum absolute atomic E-state index is 12.2. The third kappa shape index (κ3) is 4.36. The van der Waals surface area contributed by atoms with E-state index in [4.69, 9.17) is 21.7 Å². The molecule has 1 aliphatic heterocycles. The molecule has 23 heavy (non-hydrogen) atoms. The molecule has 0 fully saturated rings. The highest BCUT2D eigenvalue weighted by Gasteiger charge is 2.23. The fraction of sp³-hybridized carbons (Fsp3) is 0.294. The van der Waals surface area contributed by atoms with E-state index in [9.17, 15) is 15.0 Å². The Morgan fingerprint density at radius 3 is 2.57 bits per heavy atom. The van der Waals surface area contributed by atoms with Crippen molar-refractivity contribution in [3.05, 3.63) is 46.5 Å². The summed E-state index contributed by atoms with van der Waals surface area (Å²) in [5, 5.41) is 27.7. The number of halogens is 1. The van der Waals surface area contributed by atoms with E-state index >= 15 is 0 Å². The van der Waals surface area contributed by atoms with Gasteiger partial charge >= 0.3 is 5.97 Å². The fourth-order valence-corrected chi connectivity index (χ4v) is 2.49. The number of hydrogen-bond acceptors (Lipinski definition) is 5. The van der Waals surface area contributed by atoms with Crippen molar-refractivity contribution in [3.8, 4) is 11.5 Å². The number of ether oxygens (including phenoxy) is 1. The molecule has 3 N–H and O–H groups in total. The predicted molar refractivity (Wildman–Crippen MR) is 88.6 cm³/mol. The molecular formula is C17H18ClNO4. The third-order valence-electron chi connectivity index (χ3n) is 3.40. The Kier molecular flexibility index (Phi) is 5.82. The molecule has 6 heteroatoms. The van der Waals surface area contributed by atoms with Gasteiger partial charge in [0.05, 0.1) is 11.6 Å². The zero-order valence-electron chi connectivity index (χ0n) is 12.5. The molecule has 1 aromatic rings. The molecule has 0 saturated heterocycles. The van der Waals surface area contributed by atoms with Crippen LogP contribution in [-0.4, -0.2) is 28.5 Å². The number of rotatable bonds is 0. The van der Waals surface area contributed by atoms with Gasteiger partial charge in [-0.3, -0.25) is 0 Å². The van der Waals surface area contributed by atoms with Crippen LogP contribution in [0.2, 0.25) is 5.02 Å². The Morgan fingerprint density at radius 1 is 1.09 bits per heavy atom. The summed E-state index contributed by atoms with van der Waals surface area (Å²) in [7, 11) is 0. The summed E-state index contributed by atoms with van der Waals surface area (Å²) in [6.07, 6.45) is 9.64. The van der Waals surface area contributed by atoms with Crippen molar-refractivity contribution in [3.63, 3.8) is 0 Å². The van der Waals surface area contributed by atoms with Crippen LogP contribution in [0.4, 0.5) is 0 Å². The SMILES string of the molecule is N=C1/C=C/CC/C=C/CCOC(=O)c2c(O)cc(O)c(Cl)c2C1. The van der Waals surface area contributed by atoms with Gasteiger partial charge in [-0.1, -0.05) is 29.8 Å². The van der Waals surface area contributed by atoms with Crippen molar-refractivity contribution in [2.45, 2.75) is 25.7 Å². The summed E-state index contributed by atoms with van der Waals surface area (Å²) < 4.78 is 5.15. The summed E-state index contributed by atoms with van der Waals surface area (Å²) in [4.78, 5) is 12.2. The predicted octanol–water partition coefficient (Wildman–Crippen LogP) is 3.77. The van der Waals surface area contributed by atoms with Crippen LogP contribution in [0.5, 0.6) is 11.5 Å². The first-order chi connectivity index (χ1) is 11.0. The van der Waals surface area contributed by atoms with Crippen molar-refractivity contribution >= 4 is 23.3 Å². The lowest BCUT2D eigenvalue weighted by molar-refractivity contribution is 0.0507. The van der Waals surface area contributed by atoms with Gasteiger partial charge in [0, 0.05) is 18.2 Å². The lowest BCUT2D eigenvalue weighted by Crippen LogP contribution is -2.12. The van der Waals surface area contributed by atoms with E-state index in [0.717, 1.165) is 18.9 Å². The van der Waals surface area contributed by atoms with Gasteiger partial charge in [0.2, 0.25) is 0 Å². The zero-order chi connectivity index (χ0) is 16.8. The van der Waals surface area contributed by atoms with Gasteiger partial charge in [-0.15, -0.1) is 0 Å². The summed E-state index contributed by atoms with van der Waals surface area (Å²) >= 11 is 6.06. The van der Waals surface area contributed by atoms with Crippen LogP contribution in [0.25, 0.3) is 0 Å². The topological polar surface area (TPSA) is 90.6 Å². The van der Waals surface area contributed by atoms with Crippen LogP contribution in [0.3, 0.4) is 0 Å². The lowest BCUT2D eigenvalue weighted by Gasteiger charge is -2.14. The largest absolute Gasteiger partial charge is 0.507 e. The van der Waals surface area contributed by atoms with Crippen molar-refractivity contribution < 1.29 is 19.7 Å². The van der Waals surface area contributed by atoms with Crippen LogP contribution >= 0.6 is 11.6 Å². The minimum atomic E-state index is -0.721. The molecule has 1 heterocycles. The quantitative estimate of drug-likeness (QED) is 0.497. The minimum absolute atomic E-state index is 0.0115. The van der Waals surface area contributed by atoms with Crippen molar-refractivity contribution in [2.24, 2.45) is 0 Å². The molecule has 1 aromatic carbocycles. The van der Waals surface area contributed by atoms with Crippen LogP contribution in [0.15, 0.2) is 30.4 Å². The molecule has 0 radical (unpaired) electrons. The highest BCUT2D eigenvalue weighted by molar-refractivity contribution is 6.33. The standard InChI is InChI=1S/C17H18ClNO4/c18-16-12-9-11(19)7-5-3-1-2-4-6-8-23-17(22)15(12)13(20)10-14(16)21/h2,4-5,7,10,19-21H,1,3,6,8-9H2/b4-2+,7-5+,19-11?. The molecule has 0 bridgehead atoms. The number of cyclic esters (lactones) is 1. The second kappa shape index (κ2) is 7.83. The summed E-state index contributed by atoms with van der Waals surface area (Å²) in [6, 6.07) is 1.00. The Bertz CT molecular complexity index is 680. The Hall–Kier alpha value is -2.27. The van der Waals surface area contributed by atoms with E-state index in [1.807, 2.05) is 18.2 Å². The number of phenolic OH excluding ortho intramolecular Hbond substituents is 2. The number of aromatic hydroxyl groups is 2. The minimum Gasteiger partial charge on any atom is -0.507 e. The first-order valence-corrected chi connectivity index (χ1v) is 7.68. The third-order valence-corrected chi connectivity index (χ3v) is 3.82. The van der Waals surface area contributed by atoms with Gasteiger partial charge in [-0.05, 0) is 30.9 Å². The summed E-state index contributed by atoms with van der Waals surface area (Å²) in [6.45, 7) is 0.181. The molecule has 0 atom stereocenters. The Labute approximate surface area is 139 Å². The van der Waals surface area contributed by atoms with Gasteiger partial charge in [-0.2, -0.15) is 0 Å². The Balaban J connectivity index is 2.45. The highest BCUT2D eigenvalue weighted by atomic mass is 35.5. The molecule has 0 amide bonds. The second-order valence-corrected chi connectivity index (χ2v) is 5.54. The highest BCUT2D eigenvalue weighted by Crippen LogP contribution is 2.37. The molecule has 5 nitrogen and oxygen atoms in total. The van der Waals surface area contributed by atoms with E-state index in [1.54, 1.807) is 6.08 Å². The van der Waals surface area contributed by atoms with Gasteiger partial charge in [-0.25, -0.2) is 4.79 Å². The number of nitrogens with one attached hydrogen (secondary N) is 1. The first kappa shape index (κ1) is 17.1. The van der Waals surface area contributed by atoms with E-state index in [1.165, 1.54) is 0 Å². The molecule has 2 rings (SSSR count). The van der Waals surface area contributed by atoms with Crippen LogP contribution in [0.1, 0.15) is 35.2 Å². The van der Waals surface area contributed by atoms with E-state index in [0.29, 0.717) is 6.42 Å². The van der Waals surface area contributed by atoms with Crippen LogP contribution in [-0.2, 0) is 11.2 Å². The smallest absolute Gasteiger partial charge is 0.342 e. The van der Waals surface area contributed by atoms with E-state index in [-0.39, 0.29) is 40.6 Å². The molecule has 1 aliphatic rings. The van der Waals surface area contributed by atoms with E-state index < -0.39 is 11.7 Å². The number of hydrogen-bond donors (Lipinski definition) is 3. The number of carbonyl (C=O) groups excluding carboxylic acids is 1. The van der Waals surface area contributed by atoms with E-state index in [2.05, 4.69) is 0 Å². The summed E-state index contributed by atoms with van der Waals surface area (Å²) in [5.74, 6) is -1.47. The maximum Gasteiger partial charge on any atom is 0.342 e. The molecule has 122 valence electrons. The number of allylic oxidation sites excluding steroid dienone is 3. The first-order valence-electron chi connectivity index (χ1n) is 7.30. The molecule has 0 aromatic heterocycles. The molecule has 0 spiro atoms. The average molecular weight is 336 g/mol. The van der Waals surface area contributed by atoms with Crippen molar-refractivity contribution in [1.82, 2.24) is 0 Å².